The van der Waals surface area contributed by atoms with Gasteiger partial charge in [0.15, 0.2) is 11.5 Å². The highest BCUT2D eigenvalue weighted by Crippen LogP contribution is 2.35. The third-order valence-corrected chi connectivity index (χ3v) is 4.28. The van der Waals surface area contributed by atoms with Crippen LogP contribution in [0.1, 0.15) is 11.1 Å². The Kier molecular flexibility index (Phi) is 9.03. The van der Waals surface area contributed by atoms with Crippen LogP contribution in [-0.2, 0) is 13.0 Å². The first-order chi connectivity index (χ1) is 11.0. The van der Waals surface area contributed by atoms with Crippen molar-refractivity contribution < 1.29 is 9.47 Å². The number of nitrogens with one attached hydrogen (secondary N) is 1. The summed E-state index contributed by atoms with van der Waals surface area (Å²) in [4.78, 5) is 0. The van der Waals surface area contributed by atoms with Crippen molar-refractivity contribution in [2.75, 3.05) is 20.8 Å². The number of benzene rings is 2. The average molecular weight is 411 g/mol. The number of ether oxygens (including phenoxy) is 2. The van der Waals surface area contributed by atoms with Crippen LogP contribution in [-0.4, -0.2) is 20.8 Å². The zero-order valence-electron chi connectivity index (χ0n) is 13.4. The minimum absolute atomic E-state index is 0. The normalized spacial score (nSPS) is 10.2. The Bertz CT molecular complexity index is 680. The number of hydrogen-bond donors (Lipinski definition) is 1. The fourth-order valence-corrected chi connectivity index (χ4v) is 3.07. The van der Waals surface area contributed by atoms with Gasteiger partial charge in [0.1, 0.15) is 0 Å². The molecular formula is C17H19Cl4NO2. The van der Waals surface area contributed by atoms with E-state index in [1.54, 1.807) is 20.3 Å². The number of halogens is 4. The van der Waals surface area contributed by atoms with E-state index >= 15 is 0 Å². The summed E-state index contributed by atoms with van der Waals surface area (Å²) in [6.07, 6.45) is 0.816. The lowest BCUT2D eigenvalue weighted by Crippen LogP contribution is -2.17. The summed E-state index contributed by atoms with van der Waals surface area (Å²) in [6.45, 7) is 1.46. The van der Waals surface area contributed by atoms with Crippen LogP contribution in [0.4, 0.5) is 0 Å². The fraction of sp³-hybridized carbons (Fsp3) is 0.294. The van der Waals surface area contributed by atoms with Crippen LogP contribution < -0.4 is 14.8 Å². The van der Waals surface area contributed by atoms with Crippen molar-refractivity contribution in [3.05, 3.63) is 56.5 Å². The summed E-state index contributed by atoms with van der Waals surface area (Å²) >= 11 is 18.2. The lowest BCUT2D eigenvalue weighted by molar-refractivity contribution is 0.354. The molecule has 2 aromatic rings. The van der Waals surface area contributed by atoms with E-state index in [0.29, 0.717) is 33.1 Å². The summed E-state index contributed by atoms with van der Waals surface area (Å²) < 4.78 is 10.5. The third kappa shape index (κ3) is 5.61. The monoisotopic (exact) mass is 409 g/mol. The Morgan fingerprint density at radius 3 is 2.33 bits per heavy atom. The van der Waals surface area contributed by atoms with Crippen LogP contribution in [0.5, 0.6) is 11.5 Å². The summed E-state index contributed by atoms with van der Waals surface area (Å²) in [7, 11) is 3.16. The van der Waals surface area contributed by atoms with Gasteiger partial charge in [0, 0.05) is 16.6 Å². The SMILES string of the molecule is COc1cc(CNCCc2ccc(Cl)cc2Cl)cc(Cl)c1OC.Cl. The summed E-state index contributed by atoms with van der Waals surface area (Å²) in [5.41, 5.74) is 2.09. The Morgan fingerprint density at radius 2 is 1.71 bits per heavy atom. The van der Waals surface area contributed by atoms with Crippen LogP contribution in [0, 0.1) is 0 Å². The van der Waals surface area contributed by atoms with E-state index in [1.807, 2.05) is 24.3 Å². The van der Waals surface area contributed by atoms with Crippen molar-refractivity contribution in [1.29, 1.82) is 0 Å². The summed E-state index contributed by atoms with van der Waals surface area (Å²) in [5.74, 6) is 1.17. The quantitative estimate of drug-likeness (QED) is 0.618. The first-order valence-corrected chi connectivity index (χ1v) is 8.23. The van der Waals surface area contributed by atoms with Gasteiger partial charge in [-0.05, 0) is 48.4 Å². The topological polar surface area (TPSA) is 30.5 Å². The van der Waals surface area contributed by atoms with Crippen molar-refractivity contribution in [3.63, 3.8) is 0 Å². The highest BCUT2D eigenvalue weighted by atomic mass is 35.5. The van der Waals surface area contributed by atoms with Crippen LogP contribution in [0.15, 0.2) is 30.3 Å². The molecule has 0 saturated heterocycles. The summed E-state index contributed by atoms with van der Waals surface area (Å²) in [5, 5.41) is 5.23. The highest BCUT2D eigenvalue weighted by molar-refractivity contribution is 6.35. The number of rotatable bonds is 7. The van der Waals surface area contributed by atoms with Gasteiger partial charge in [-0.2, -0.15) is 0 Å². The molecule has 0 atom stereocenters. The Labute approximate surface area is 163 Å². The van der Waals surface area contributed by atoms with Crippen molar-refractivity contribution in [3.8, 4) is 11.5 Å². The Balaban J connectivity index is 0.00000288. The molecule has 0 fully saturated rings. The highest BCUT2D eigenvalue weighted by Gasteiger charge is 2.10. The maximum absolute atomic E-state index is 6.20. The van der Waals surface area contributed by atoms with Gasteiger partial charge in [-0.3, -0.25) is 0 Å². The van der Waals surface area contributed by atoms with Crippen LogP contribution in [0.3, 0.4) is 0 Å². The van der Waals surface area contributed by atoms with E-state index < -0.39 is 0 Å². The van der Waals surface area contributed by atoms with Gasteiger partial charge in [0.05, 0.1) is 19.2 Å². The smallest absolute Gasteiger partial charge is 0.179 e. The Morgan fingerprint density at radius 1 is 0.958 bits per heavy atom. The molecule has 0 heterocycles. The molecule has 132 valence electrons. The van der Waals surface area contributed by atoms with E-state index in [0.717, 1.165) is 24.1 Å². The molecule has 0 aliphatic rings. The maximum Gasteiger partial charge on any atom is 0.179 e. The molecule has 0 aromatic heterocycles. The first kappa shape index (κ1) is 21.2. The lowest BCUT2D eigenvalue weighted by atomic mass is 10.1. The van der Waals surface area contributed by atoms with Gasteiger partial charge in [0.25, 0.3) is 0 Å². The zero-order chi connectivity index (χ0) is 16.8. The molecule has 0 radical (unpaired) electrons. The molecule has 3 nitrogen and oxygen atoms in total. The second-order valence-electron chi connectivity index (χ2n) is 4.98. The van der Waals surface area contributed by atoms with Crippen molar-refractivity contribution >= 4 is 47.2 Å². The first-order valence-electron chi connectivity index (χ1n) is 7.10. The van der Waals surface area contributed by atoms with Gasteiger partial charge in [-0.25, -0.2) is 0 Å². The van der Waals surface area contributed by atoms with Gasteiger partial charge in [-0.1, -0.05) is 40.9 Å². The van der Waals surface area contributed by atoms with Gasteiger partial charge < -0.3 is 14.8 Å². The van der Waals surface area contributed by atoms with Gasteiger partial charge >= 0.3 is 0 Å². The molecule has 0 unspecified atom stereocenters. The molecular weight excluding hydrogens is 392 g/mol. The second-order valence-corrected chi connectivity index (χ2v) is 6.23. The minimum Gasteiger partial charge on any atom is -0.493 e. The van der Waals surface area contributed by atoms with E-state index in [1.165, 1.54) is 0 Å². The van der Waals surface area contributed by atoms with E-state index in [-0.39, 0.29) is 12.4 Å². The predicted octanol–water partition coefficient (Wildman–Crippen LogP) is 5.42. The molecule has 0 amide bonds. The third-order valence-electron chi connectivity index (χ3n) is 3.41. The van der Waals surface area contributed by atoms with E-state index in [2.05, 4.69) is 5.32 Å². The van der Waals surface area contributed by atoms with E-state index in [4.69, 9.17) is 44.3 Å². The van der Waals surface area contributed by atoms with Crippen molar-refractivity contribution in [1.82, 2.24) is 5.32 Å². The molecule has 0 saturated carbocycles. The average Bonchev–Trinajstić information content (AvgIpc) is 2.52. The molecule has 24 heavy (non-hydrogen) atoms. The minimum atomic E-state index is 0. The summed E-state index contributed by atoms with van der Waals surface area (Å²) in [6, 6.07) is 9.32. The van der Waals surface area contributed by atoms with Crippen molar-refractivity contribution in [2.45, 2.75) is 13.0 Å². The number of hydrogen-bond acceptors (Lipinski definition) is 3. The van der Waals surface area contributed by atoms with Gasteiger partial charge in [-0.15, -0.1) is 12.4 Å². The fourth-order valence-electron chi connectivity index (χ4n) is 2.25. The predicted molar refractivity (Wildman–Crippen MR) is 104 cm³/mol. The molecule has 2 rings (SSSR count). The zero-order valence-corrected chi connectivity index (χ0v) is 16.5. The van der Waals surface area contributed by atoms with Crippen LogP contribution in [0.25, 0.3) is 0 Å². The molecule has 1 N–H and O–H groups in total. The van der Waals surface area contributed by atoms with Crippen LogP contribution >= 0.6 is 47.2 Å². The lowest BCUT2D eigenvalue weighted by Gasteiger charge is -2.12. The molecule has 0 bridgehead atoms. The second kappa shape index (κ2) is 10.2. The van der Waals surface area contributed by atoms with Crippen molar-refractivity contribution in [2.24, 2.45) is 0 Å². The molecule has 0 spiro atoms. The largest absolute Gasteiger partial charge is 0.493 e. The number of methoxy groups -OCH3 is 2. The molecule has 7 heteroatoms. The molecule has 0 aliphatic carbocycles. The maximum atomic E-state index is 6.20. The van der Waals surface area contributed by atoms with E-state index in [9.17, 15) is 0 Å². The molecule has 0 aliphatic heterocycles. The van der Waals surface area contributed by atoms with Gasteiger partial charge in [0.2, 0.25) is 0 Å². The molecule has 2 aromatic carbocycles. The van der Waals surface area contributed by atoms with Crippen LogP contribution in [0.2, 0.25) is 15.1 Å². The standard InChI is InChI=1S/C17H18Cl3NO2.ClH/c1-22-16-8-11(7-15(20)17(16)23-2)10-21-6-5-12-3-4-13(18)9-14(12)19;/h3-4,7-9,21H,5-6,10H2,1-2H3;1H. The Hall–Kier alpha value is -0.840.